The van der Waals surface area contributed by atoms with Crippen molar-refractivity contribution >= 4 is 5.91 Å². The summed E-state index contributed by atoms with van der Waals surface area (Å²) < 4.78 is 25.8. The molecule has 1 amide bonds. The van der Waals surface area contributed by atoms with Crippen molar-refractivity contribution in [2.75, 3.05) is 26.3 Å². The van der Waals surface area contributed by atoms with Crippen molar-refractivity contribution < 1.29 is 18.7 Å². The maximum absolute atomic E-state index is 13.2. The number of rotatable bonds is 4. The number of piperidine rings is 1. The van der Waals surface area contributed by atoms with Crippen LogP contribution in [0.3, 0.4) is 0 Å². The van der Waals surface area contributed by atoms with E-state index < -0.39 is 0 Å². The summed E-state index contributed by atoms with van der Waals surface area (Å²) in [6.45, 7) is 2.71. The van der Waals surface area contributed by atoms with Gasteiger partial charge in [-0.2, -0.15) is 5.10 Å². The van der Waals surface area contributed by atoms with E-state index in [0.717, 1.165) is 18.4 Å². The van der Waals surface area contributed by atoms with E-state index in [0.29, 0.717) is 55.6 Å². The maximum Gasteiger partial charge on any atom is 0.266 e. The van der Waals surface area contributed by atoms with Crippen LogP contribution in [0.2, 0.25) is 0 Å². The number of amides is 1. The third-order valence-electron chi connectivity index (χ3n) is 6.13. The van der Waals surface area contributed by atoms with E-state index in [9.17, 15) is 14.0 Å². The summed E-state index contributed by atoms with van der Waals surface area (Å²) in [5.41, 5.74) is 1.80. The monoisotopic (exact) mass is 449 g/mol. The highest BCUT2D eigenvalue weighted by atomic mass is 19.1. The van der Waals surface area contributed by atoms with Crippen LogP contribution in [0.25, 0.3) is 11.3 Å². The Hall–Kier alpha value is -3.68. The quantitative estimate of drug-likeness (QED) is 0.611. The topological polar surface area (TPSA) is 73.7 Å². The lowest BCUT2D eigenvalue weighted by Crippen LogP contribution is -2.40. The lowest BCUT2D eigenvalue weighted by molar-refractivity contribution is 0.0679. The van der Waals surface area contributed by atoms with Crippen LogP contribution in [-0.2, 0) is 6.54 Å². The van der Waals surface area contributed by atoms with Crippen LogP contribution < -0.4 is 15.0 Å². The normalized spacial score (nSPS) is 16.0. The third-order valence-corrected chi connectivity index (χ3v) is 6.13. The molecule has 0 aliphatic carbocycles. The first-order valence-corrected chi connectivity index (χ1v) is 11.1. The number of aromatic nitrogens is 2. The van der Waals surface area contributed by atoms with Gasteiger partial charge in [0.2, 0.25) is 0 Å². The van der Waals surface area contributed by atoms with Gasteiger partial charge in [0.05, 0.1) is 5.69 Å². The molecule has 1 saturated heterocycles. The molecular formula is C25H24FN3O4. The number of ether oxygens (including phenoxy) is 2. The maximum atomic E-state index is 13.2. The second kappa shape index (κ2) is 9.05. The molecule has 0 atom stereocenters. The third kappa shape index (κ3) is 4.60. The molecule has 0 N–H and O–H groups in total. The Bertz CT molecular complexity index is 1220. The fourth-order valence-electron chi connectivity index (χ4n) is 4.28. The first-order valence-electron chi connectivity index (χ1n) is 11.1. The number of likely N-dealkylation sites (tertiary alicyclic amines) is 1. The summed E-state index contributed by atoms with van der Waals surface area (Å²) >= 11 is 0. The molecule has 0 radical (unpaired) electrons. The van der Waals surface area contributed by atoms with E-state index in [1.54, 1.807) is 36.4 Å². The molecule has 3 heterocycles. The summed E-state index contributed by atoms with van der Waals surface area (Å²) in [6.07, 6.45) is 1.57. The zero-order valence-electron chi connectivity index (χ0n) is 18.1. The Kier molecular flexibility index (Phi) is 5.81. The fraction of sp³-hybridized carbons (Fsp3) is 0.320. The SMILES string of the molecule is O=C(c1ccc2c(c1)OCCO2)N1CCC(Cn2nc(-c3ccc(F)cc3)ccc2=O)CC1. The van der Waals surface area contributed by atoms with Gasteiger partial charge in [-0.1, -0.05) is 0 Å². The molecule has 1 fully saturated rings. The summed E-state index contributed by atoms with van der Waals surface area (Å²) in [5, 5.41) is 4.48. The van der Waals surface area contributed by atoms with Gasteiger partial charge < -0.3 is 14.4 Å². The Labute approximate surface area is 190 Å². The molecular weight excluding hydrogens is 425 g/mol. The zero-order valence-corrected chi connectivity index (χ0v) is 18.1. The number of benzene rings is 2. The van der Waals surface area contributed by atoms with E-state index in [4.69, 9.17) is 9.47 Å². The highest BCUT2D eigenvalue weighted by Gasteiger charge is 2.25. The Morgan fingerprint density at radius 3 is 2.45 bits per heavy atom. The molecule has 170 valence electrons. The van der Waals surface area contributed by atoms with Crippen LogP contribution in [-0.4, -0.2) is 46.9 Å². The minimum Gasteiger partial charge on any atom is -0.486 e. The Morgan fingerprint density at radius 1 is 0.970 bits per heavy atom. The van der Waals surface area contributed by atoms with Crippen molar-refractivity contribution in [1.29, 1.82) is 0 Å². The van der Waals surface area contributed by atoms with Crippen LogP contribution in [0.15, 0.2) is 59.4 Å². The summed E-state index contributed by atoms with van der Waals surface area (Å²) in [5.74, 6) is 1.16. The van der Waals surface area contributed by atoms with Gasteiger partial charge in [0.15, 0.2) is 11.5 Å². The average Bonchev–Trinajstić information content (AvgIpc) is 2.85. The molecule has 0 saturated carbocycles. The van der Waals surface area contributed by atoms with Gasteiger partial charge in [-0.15, -0.1) is 0 Å². The molecule has 0 spiro atoms. The van der Waals surface area contributed by atoms with Gasteiger partial charge >= 0.3 is 0 Å². The first kappa shape index (κ1) is 21.2. The van der Waals surface area contributed by atoms with Crippen molar-refractivity contribution in [3.05, 3.63) is 76.3 Å². The van der Waals surface area contributed by atoms with Crippen LogP contribution >= 0.6 is 0 Å². The number of carbonyl (C=O) groups excluding carboxylic acids is 1. The van der Waals surface area contributed by atoms with Gasteiger partial charge in [-0.25, -0.2) is 9.07 Å². The number of fused-ring (bicyclic) bond motifs is 1. The molecule has 8 heteroatoms. The van der Waals surface area contributed by atoms with Crippen LogP contribution in [0.4, 0.5) is 4.39 Å². The van der Waals surface area contributed by atoms with Gasteiger partial charge in [-0.05, 0) is 67.3 Å². The predicted molar refractivity (Wildman–Crippen MR) is 120 cm³/mol. The lowest BCUT2D eigenvalue weighted by atomic mass is 9.96. The molecule has 0 unspecified atom stereocenters. The van der Waals surface area contributed by atoms with E-state index in [-0.39, 0.29) is 23.2 Å². The number of hydrogen-bond donors (Lipinski definition) is 0. The van der Waals surface area contributed by atoms with Crippen molar-refractivity contribution in [2.24, 2.45) is 5.92 Å². The fourth-order valence-corrected chi connectivity index (χ4v) is 4.28. The van der Waals surface area contributed by atoms with Crippen LogP contribution in [0.1, 0.15) is 23.2 Å². The highest BCUT2D eigenvalue weighted by molar-refractivity contribution is 5.95. The van der Waals surface area contributed by atoms with Gasteiger partial charge in [0.1, 0.15) is 19.0 Å². The molecule has 3 aromatic rings. The minimum atomic E-state index is -0.315. The molecule has 1 aromatic heterocycles. The second-order valence-electron chi connectivity index (χ2n) is 8.34. The molecule has 7 nitrogen and oxygen atoms in total. The van der Waals surface area contributed by atoms with E-state index in [2.05, 4.69) is 5.10 Å². The molecule has 2 aliphatic rings. The molecule has 33 heavy (non-hydrogen) atoms. The van der Waals surface area contributed by atoms with Gasteiger partial charge in [0, 0.05) is 36.8 Å². The van der Waals surface area contributed by atoms with E-state index in [1.807, 2.05) is 4.90 Å². The molecule has 5 rings (SSSR count). The van der Waals surface area contributed by atoms with Crippen molar-refractivity contribution in [3.63, 3.8) is 0 Å². The summed E-state index contributed by atoms with van der Waals surface area (Å²) in [7, 11) is 0. The average molecular weight is 449 g/mol. The minimum absolute atomic E-state index is 0.0287. The second-order valence-corrected chi connectivity index (χ2v) is 8.34. The first-order chi connectivity index (χ1) is 16.1. The predicted octanol–water partition coefficient (Wildman–Crippen LogP) is 3.37. The molecule has 2 aliphatic heterocycles. The number of halogens is 1. The number of carbonyl (C=O) groups is 1. The zero-order chi connectivity index (χ0) is 22.8. The highest BCUT2D eigenvalue weighted by Crippen LogP contribution is 2.31. The van der Waals surface area contributed by atoms with E-state index >= 15 is 0 Å². The van der Waals surface area contributed by atoms with E-state index in [1.165, 1.54) is 22.9 Å². The summed E-state index contributed by atoms with van der Waals surface area (Å²) in [6, 6.07) is 14.5. The smallest absolute Gasteiger partial charge is 0.266 e. The largest absolute Gasteiger partial charge is 0.486 e. The van der Waals surface area contributed by atoms with Crippen LogP contribution in [0, 0.1) is 11.7 Å². The lowest BCUT2D eigenvalue weighted by Gasteiger charge is -2.32. The number of hydrogen-bond acceptors (Lipinski definition) is 5. The van der Waals surface area contributed by atoms with Gasteiger partial charge in [0.25, 0.3) is 11.5 Å². The molecule has 0 bridgehead atoms. The van der Waals surface area contributed by atoms with Crippen LogP contribution in [0.5, 0.6) is 11.5 Å². The Balaban J connectivity index is 1.23. The Morgan fingerprint density at radius 2 is 1.70 bits per heavy atom. The van der Waals surface area contributed by atoms with Gasteiger partial charge in [-0.3, -0.25) is 9.59 Å². The standard InChI is InChI=1S/C25H24FN3O4/c26-20-4-1-18(2-5-20)21-6-8-24(30)29(27-21)16-17-9-11-28(12-10-17)25(31)19-3-7-22-23(15-19)33-14-13-32-22/h1-8,15,17H,9-14,16H2. The van der Waals surface area contributed by atoms with Crippen molar-refractivity contribution in [1.82, 2.24) is 14.7 Å². The molecule has 2 aromatic carbocycles. The number of nitrogens with zero attached hydrogens (tertiary/aromatic N) is 3. The van der Waals surface area contributed by atoms with Crippen molar-refractivity contribution in [2.45, 2.75) is 19.4 Å². The summed E-state index contributed by atoms with van der Waals surface area (Å²) in [4.78, 5) is 27.2. The van der Waals surface area contributed by atoms with Crippen molar-refractivity contribution in [3.8, 4) is 22.8 Å².